The van der Waals surface area contributed by atoms with Gasteiger partial charge in [-0.15, -0.1) is 0 Å². The molecule has 8 heavy (non-hydrogen) atoms. The van der Waals surface area contributed by atoms with Crippen molar-refractivity contribution in [2.24, 2.45) is 0 Å². The van der Waals surface area contributed by atoms with Gasteiger partial charge in [0.25, 0.3) is 0 Å². The topological polar surface area (TPSA) is 0 Å². The predicted octanol–water partition coefficient (Wildman–Crippen LogP) is 4.22. The van der Waals surface area contributed by atoms with E-state index in [0.29, 0.717) is 0 Å². The van der Waals surface area contributed by atoms with Crippen molar-refractivity contribution in [3.8, 4) is 0 Å². The Labute approximate surface area is 85.9 Å². The summed E-state index contributed by atoms with van der Waals surface area (Å²) >= 11 is 8.04. The minimum atomic E-state index is 1.20. The maximum Gasteiger partial charge on any atom is 0.0651 e. The fourth-order valence-corrected chi connectivity index (χ4v) is 1.32. The number of rotatable bonds is 2. The third kappa shape index (κ3) is 4.55. The molecule has 0 amide bonds. The van der Waals surface area contributed by atoms with Gasteiger partial charge in [0, 0.05) is 3.58 Å². The summed E-state index contributed by atoms with van der Waals surface area (Å²) in [6, 6.07) is 0. The molecule has 0 aromatic carbocycles. The molecule has 0 rings (SSSR count). The molecule has 0 atom stereocenters. The lowest BCUT2D eigenvalue weighted by atomic mass is 10.3. The maximum absolute atomic E-state index is 3.40. The standard InChI is InChI=1S/C5H7BrI2/c1-2-3-4(7)5(6)8/h2-3H2,1H3. The highest BCUT2D eigenvalue weighted by Gasteiger charge is 1.92. The third-order valence-electron chi connectivity index (χ3n) is 0.675. The third-order valence-corrected chi connectivity index (χ3v) is 4.66. The zero-order valence-electron chi connectivity index (χ0n) is 4.55. The van der Waals surface area contributed by atoms with Gasteiger partial charge < -0.3 is 0 Å². The molecule has 0 bridgehead atoms. The number of halogens is 3. The number of hydrogen-bond donors (Lipinski definition) is 0. The Morgan fingerprint density at radius 3 is 2.12 bits per heavy atom. The lowest BCUT2D eigenvalue weighted by molar-refractivity contribution is 0.955. The van der Waals surface area contributed by atoms with Gasteiger partial charge in [-0.3, -0.25) is 0 Å². The van der Waals surface area contributed by atoms with Gasteiger partial charge in [-0.1, -0.05) is 13.3 Å². The van der Waals surface area contributed by atoms with Crippen LogP contribution in [-0.2, 0) is 0 Å². The summed E-state index contributed by atoms with van der Waals surface area (Å²) in [5.41, 5.74) is 0. The van der Waals surface area contributed by atoms with Crippen LogP contribution in [0.3, 0.4) is 0 Å². The second kappa shape index (κ2) is 5.46. The van der Waals surface area contributed by atoms with Crippen molar-refractivity contribution in [1.29, 1.82) is 0 Å². The molecule has 0 spiro atoms. The van der Waals surface area contributed by atoms with Crippen LogP contribution in [0.1, 0.15) is 19.8 Å². The highest BCUT2D eigenvalue weighted by atomic mass is 127. The van der Waals surface area contributed by atoms with Crippen molar-refractivity contribution in [3.05, 3.63) is 6.07 Å². The number of hydrogen-bond acceptors (Lipinski definition) is 0. The highest BCUT2D eigenvalue weighted by Crippen LogP contribution is 2.27. The van der Waals surface area contributed by atoms with Gasteiger partial charge in [-0.2, -0.15) is 0 Å². The van der Waals surface area contributed by atoms with E-state index >= 15 is 0 Å². The summed E-state index contributed by atoms with van der Waals surface area (Å²) in [6.45, 7) is 2.19. The normalized spacial score (nSPS) is 13.5. The average molecular weight is 401 g/mol. The van der Waals surface area contributed by atoms with Gasteiger partial charge in [0.1, 0.15) is 0 Å². The minimum Gasteiger partial charge on any atom is -0.0650 e. The summed E-state index contributed by atoms with van der Waals surface area (Å²) in [6.07, 6.45) is 2.43. The summed E-state index contributed by atoms with van der Waals surface area (Å²) in [7, 11) is 0. The van der Waals surface area contributed by atoms with Gasteiger partial charge in [0.2, 0.25) is 0 Å². The van der Waals surface area contributed by atoms with E-state index in [0.717, 1.165) is 0 Å². The summed E-state index contributed by atoms with van der Waals surface area (Å²) in [4.78, 5) is 0. The van der Waals surface area contributed by atoms with Crippen LogP contribution in [0.4, 0.5) is 0 Å². The number of allylic oxidation sites excluding steroid dienone is 1. The van der Waals surface area contributed by atoms with Crippen molar-refractivity contribution in [3.63, 3.8) is 0 Å². The molecule has 0 N–H and O–H groups in total. The van der Waals surface area contributed by atoms with Gasteiger partial charge >= 0.3 is 0 Å². The molecule has 3 heteroatoms. The molecule has 0 saturated heterocycles. The average Bonchev–Trinajstić information content (AvgIpc) is 1.67. The first kappa shape index (κ1) is 9.68. The highest BCUT2D eigenvalue weighted by molar-refractivity contribution is 14.1. The van der Waals surface area contributed by atoms with E-state index < -0.39 is 0 Å². The van der Waals surface area contributed by atoms with Gasteiger partial charge in [-0.05, 0) is 67.5 Å². The minimum absolute atomic E-state index is 1.20. The molecule has 0 aliphatic heterocycles. The Morgan fingerprint density at radius 1 is 1.50 bits per heavy atom. The second-order valence-corrected chi connectivity index (χ2v) is 6.07. The van der Waals surface area contributed by atoms with Crippen LogP contribution in [0.5, 0.6) is 0 Å². The first-order valence-electron chi connectivity index (χ1n) is 2.38. The Bertz CT molecular complexity index is 94.6. The lowest BCUT2D eigenvalue weighted by Gasteiger charge is -1.92. The fraction of sp³-hybridized carbons (Fsp3) is 0.600. The molecule has 48 valence electrons. The van der Waals surface area contributed by atoms with Crippen LogP contribution in [0, 0.1) is 0 Å². The zero-order chi connectivity index (χ0) is 6.57. The van der Waals surface area contributed by atoms with Gasteiger partial charge in [0.15, 0.2) is 0 Å². The lowest BCUT2D eigenvalue weighted by Crippen LogP contribution is -1.68. The van der Waals surface area contributed by atoms with E-state index in [1.54, 1.807) is 0 Å². The van der Waals surface area contributed by atoms with Crippen LogP contribution in [0.2, 0.25) is 0 Å². The van der Waals surface area contributed by atoms with E-state index in [4.69, 9.17) is 0 Å². The Hall–Kier alpha value is 1.68. The molecule has 0 nitrogen and oxygen atoms in total. The molecular formula is C5H7BrI2. The summed E-state index contributed by atoms with van der Waals surface area (Å²) in [5, 5.41) is 0. The molecular weight excluding hydrogens is 394 g/mol. The summed E-state index contributed by atoms with van der Waals surface area (Å²) in [5.74, 6) is 0. The van der Waals surface area contributed by atoms with Crippen molar-refractivity contribution in [2.45, 2.75) is 19.8 Å². The van der Waals surface area contributed by atoms with Crippen LogP contribution in [0.15, 0.2) is 6.07 Å². The first-order chi connectivity index (χ1) is 3.68. The Morgan fingerprint density at radius 2 is 2.00 bits per heavy atom. The molecule has 0 aromatic rings. The Kier molecular flexibility index (Phi) is 6.61. The maximum atomic E-state index is 3.40. The van der Waals surface area contributed by atoms with Gasteiger partial charge in [-0.25, -0.2) is 0 Å². The molecule has 0 saturated carbocycles. The van der Waals surface area contributed by atoms with Crippen LogP contribution >= 0.6 is 61.1 Å². The van der Waals surface area contributed by atoms with Crippen molar-refractivity contribution < 1.29 is 0 Å². The smallest absolute Gasteiger partial charge is 0.0650 e. The molecule has 0 aliphatic rings. The van der Waals surface area contributed by atoms with Crippen molar-refractivity contribution in [1.82, 2.24) is 0 Å². The van der Waals surface area contributed by atoms with E-state index in [9.17, 15) is 0 Å². The van der Waals surface area contributed by atoms with E-state index in [1.165, 1.54) is 18.9 Å². The van der Waals surface area contributed by atoms with E-state index in [-0.39, 0.29) is 0 Å². The van der Waals surface area contributed by atoms with Crippen molar-refractivity contribution >= 4 is 61.1 Å². The summed E-state index contributed by atoms with van der Waals surface area (Å²) < 4.78 is 2.67. The SMILES string of the molecule is CCCC(I)=C(Br)I. The Balaban J connectivity index is 3.62. The monoisotopic (exact) mass is 400 g/mol. The first-order valence-corrected chi connectivity index (χ1v) is 5.33. The van der Waals surface area contributed by atoms with E-state index in [2.05, 4.69) is 68.0 Å². The van der Waals surface area contributed by atoms with E-state index in [1.807, 2.05) is 0 Å². The molecule has 0 aromatic heterocycles. The van der Waals surface area contributed by atoms with Gasteiger partial charge in [0.05, 0.1) is 2.49 Å². The molecule has 0 heterocycles. The molecule has 0 aliphatic carbocycles. The van der Waals surface area contributed by atoms with Crippen molar-refractivity contribution in [2.75, 3.05) is 0 Å². The quantitative estimate of drug-likeness (QED) is 0.609. The second-order valence-electron chi connectivity index (χ2n) is 1.42. The predicted molar refractivity (Wildman–Crippen MR) is 58.9 cm³/mol. The molecule has 0 radical (unpaired) electrons. The molecule has 0 fully saturated rings. The largest absolute Gasteiger partial charge is 0.0651 e. The zero-order valence-corrected chi connectivity index (χ0v) is 10.4. The van der Waals surface area contributed by atoms with Crippen LogP contribution < -0.4 is 0 Å². The van der Waals surface area contributed by atoms with Crippen LogP contribution in [0.25, 0.3) is 0 Å². The molecule has 0 unspecified atom stereocenters. The van der Waals surface area contributed by atoms with Crippen LogP contribution in [-0.4, -0.2) is 0 Å². The fourth-order valence-electron chi connectivity index (χ4n) is 0.314.